The minimum Gasteiger partial charge on any atom is -0.497 e. The average Bonchev–Trinajstić information content (AvgIpc) is 3.05. The quantitative estimate of drug-likeness (QED) is 0.220. The molecule has 0 aliphatic rings. The van der Waals surface area contributed by atoms with Crippen LogP contribution in [0.2, 0.25) is 0 Å². The van der Waals surface area contributed by atoms with Gasteiger partial charge >= 0.3 is 0 Å². The molecule has 4 rings (SSSR count). The number of nitrogens with zero attached hydrogens (tertiary/aromatic N) is 1. The van der Waals surface area contributed by atoms with E-state index in [1.54, 1.807) is 45.5 Å². The lowest BCUT2D eigenvalue weighted by molar-refractivity contribution is -0.140. The maximum absolute atomic E-state index is 14.1. The van der Waals surface area contributed by atoms with Gasteiger partial charge < -0.3 is 29.2 Å². The average molecular weight is 583 g/mol. The molecule has 43 heavy (non-hydrogen) atoms. The van der Waals surface area contributed by atoms with Crippen molar-refractivity contribution in [3.63, 3.8) is 0 Å². The molecular weight excluding hydrogens is 544 g/mol. The van der Waals surface area contributed by atoms with E-state index in [2.05, 4.69) is 5.32 Å². The first-order chi connectivity index (χ1) is 20.9. The molecule has 0 fully saturated rings. The Balaban J connectivity index is 1.68. The van der Waals surface area contributed by atoms with E-state index >= 15 is 0 Å². The van der Waals surface area contributed by atoms with Gasteiger partial charge in [0.25, 0.3) is 0 Å². The van der Waals surface area contributed by atoms with E-state index in [9.17, 15) is 9.59 Å². The molecule has 8 heteroatoms. The van der Waals surface area contributed by atoms with Crippen LogP contribution in [-0.2, 0) is 35.5 Å². The van der Waals surface area contributed by atoms with Crippen molar-refractivity contribution >= 4 is 11.8 Å². The van der Waals surface area contributed by atoms with Gasteiger partial charge in [0.15, 0.2) is 11.5 Å². The van der Waals surface area contributed by atoms with Crippen molar-refractivity contribution in [3.8, 4) is 23.0 Å². The van der Waals surface area contributed by atoms with Crippen LogP contribution in [-0.4, -0.2) is 51.2 Å². The summed E-state index contributed by atoms with van der Waals surface area (Å²) in [6, 6.07) is 29.4. The normalized spacial score (nSPS) is 11.3. The van der Waals surface area contributed by atoms with Crippen molar-refractivity contribution in [2.75, 3.05) is 28.4 Å². The minimum atomic E-state index is -0.785. The standard InChI is InChI=1S/C35H38N2O6/c1-40-29-17-14-26(15-18-29)24-37(34(38)22-27-16-19-32(42-3)33(21-27)43-4)30(20-25-10-6-5-7-11-25)35(39)36-23-28-12-8-9-13-31(28)41-2/h5-19,21,30H,20,22-24H2,1-4H3,(H,36,39)/t30-/m1/s1. The highest BCUT2D eigenvalue weighted by Gasteiger charge is 2.30. The molecule has 0 saturated carbocycles. The van der Waals surface area contributed by atoms with E-state index in [1.807, 2.05) is 84.9 Å². The molecule has 0 bridgehead atoms. The van der Waals surface area contributed by atoms with Gasteiger partial charge in [-0.15, -0.1) is 0 Å². The lowest BCUT2D eigenvalue weighted by Gasteiger charge is -2.32. The zero-order valence-electron chi connectivity index (χ0n) is 25.0. The van der Waals surface area contributed by atoms with Gasteiger partial charge in [0.1, 0.15) is 17.5 Å². The Labute approximate surface area is 253 Å². The zero-order chi connectivity index (χ0) is 30.6. The molecule has 1 atom stereocenters. The smallest absolute Gasteiger partial charge is 0.243 e. The Hall–Kier alpha value is -4.98. The molecule has 0 heterocycles. The molecule has 0 saturated heterocycles. The highest BCUT2D eigenvalue weighted by molar-refractivity contribution is 5.89. The van der Waals surface area contributed by atoms with Crippen LogP contribution < -0.4 is 24.3 Å². The first kappa shape index (κ1) is 31.0. The Bertz CT molecular complexity index is 1490. The Morgan fingerprint density at radius 3 is 2.00 bits per heavy atom. The summed E-state index contributed by atoms with van der Waals surface area (Å²) in [4.78, 5) is 29.8. The third-order valence-electron chi connectivity index (χ3n) is 7.23. The summed E-state index contributed by atoms with van der Waals surface area (Å²) in [5, 5.41) is 3.06. The summed E-state index contributed by atoms with van der Waals surface area (Å²) < 4.78 is 21.6. The summed E-state index contributed by atoms with van der Waals surface area (Å²) in [5.74, 6) is 2.04. The van der Waals surface area contributed by atoms with Crippen LogP contribution in [0.4, 0.5) is 0 Å². The molecule has 0 aromatic heterocycles. The second kappa shape index (κ2) is 15.3. The first-order valence-corrected chi connectivity index (χ1v) is 14.0. The largest absolute Gasteiger partial charge is 0.497 e. The zero-order valence-corrected chi connectivity index (χ0v) is 25.0. The van der Waals surface area contributed by atoms with Crippen LogP contribution in [0.1, 0.15) is 22.3 Å². The van der Waals surface area contributed by atoms with Crippen molar-refractivity contribution in [3.05, 3.63) is 119 Å². The molecule has 0 spiro atoms. The Kier molecular flexibility index (Phi) is 11.0. The van der Waals surface area contributed by atoms with Crippen molar-refractivity contribution in [1.82, 2.24) is 10.2 Å². The van der Waals surface area contributed by atoms with Gasteiger partial charge in [0.2, 0.25) is 11.8 Å². The van der Waals surface area contributed by atoms with Crippen molar-refractivity contribution in [1.29, 1.82) is 0 Å². The molecule has 4 aromatic carbocycles. The molecular formula is C35H38N2O6. The maximum Gasteiger partial charge on any atom is 0.243 e. The monoisotopic (exact) mass is 582 g/mol. The van der Waals surface area contributed by atoms with E-state index in [-0.39, 0.29) is 31.3 Å². The summed E-state index contributed by atoms with van der Waals surface area (Å²) in [5.41, 5.74) is 3.40. The number of hydrogen-bond donors (Lipinski definition) is 1. The van der Waals surface area contributed by atoms with Gasteiger partial charge in [-0.25, -0.2) is 0 Å². The van der Waals surface area contributed by atoms with Crippen molar-refractivity contribution in [2.45, 2.75) is 32.0 Å². The van der Waals surface area contributed by atoms with Crippen LogP contribution in [0.3, 0.4) is 0 Å². The van der Waals surface area contributed by atoms with Gasteiger partial charge in [0, 0.05) is 25.1 Å². The summed E-state index contributed by atoms with van der Waals surface area (Å²) >= 11 is 0. The third kappa shape index (κ3) is 8.29. The topological polar surface area (TPSA) is 86.3 Å². The number of hydrogen-bond acceptors (Lipinski definition) is 6. The van der Waals surface area contributed by atoms with E-state index in [0.717, 1.165) is 22.3 Å². The molecule has 0 aliphatic carbocycles. The molecule has 224 valence electrons. The lowest BCUT2D eigenvalue weighted by atomic mass is 10.0. The van der Waals surface area contributed by atoms with Crippen LogP contribution in [0, 0.1) is 0 Å². The maximum atomic E-state index is 14.1. The number of nitrogens with one attached hydrogen (secondary N) is 1. The number of carbonyl (C=O) groups excluding carboxylic acids is 2. The number of ether oxygens (including phenoxy) is 4. The van der Waals surface area contributed by atoms with Crippen LogP contribution in [0.25, 0.3) is 0 Å². The molecule has 4 aromatic rings. The number of amides is 2. The van der Waals surface area contributed by atoms with Crippen LogP contribution in [0.5, 0.6) is 23.0 Å². The highest BCUT2D eigenvalue weighted by Crippen LogP contribution is 2.28. The highest BCUT2D eigenvalue weighted by atomic mass is 16.5. The summed E-state index contributed by atoms with van der Waals surface area (Å²) in [6.45, 7) is 0.490. The molecule has 0 unspecified atom stereocenters. The van der Waals surface area contributed by atoms with Gasteiger partial charge in [-0.05, 0) is 47.0 Å². The second-order valence-corrected chi connectivity index (χ2v) is 9.97. The van der Waals surface area contributed by atoms with E-state index in [0.29, 0.717) is 29.4 Å². The van der Waals surface area contributed by atoms with Gasteiger partial charge in [0.05, 0.1) is 34.9 Å². The Morgan fingerprint density at radius 1 is 0.674 bits per heavy atom. The van der Waals surface area contributed by atoms with Crippen molar-refractivity contribution < 1.29 is 28.5 Å². The minimum absolute atomic E-state index is 0.0710. The Morgan fingerprint density at radius 2 is 1.33 bits per heavy atom. The molecule has 8 nitrogen and oxygen atoms in total. The van der Waals surface area contributed by atoms with Gasteiger partial charge in [-0.3, -0.25) is 9.59 Å². The summed E-state index contributed by atoms with van der Waals surface area (Å²) in [7, 11) is 6.33. The van der Waals surface area contributed by atoms with E-state index in [1.165, 1.54) is 0 Å². The molecule has 0 radical (unpaired) electrons. The van der Waals surface area contributed by atoms with Crippen LogP contribution >= 0.6 is 0 Å². The predicted octanol–water partition coefficient (Wildman–Crippen LogP) is 5.22. The fraction of sp³-hybridized carbons (Fsp3) is 0.257. The fourth-order valence-corrected chi connectivity index (χ4v) is 4.90. The van der Waals surface area contributed by atoms with Crippen molar-refractivity contribution in [2.24, 2.45) is 0 Å². The second-order valence-electron chi connectivity index (χ2n) is 9.97. The fourth-order valence-electron chi connectivity index (χ4n) is 4.90. The molecule has 1 N–H and O–H groups in total. The van der Waals surface area contributed by atoms with Crippen LogP contribution in [0.15, 0.2) is 97.1 Å². The lowest BCUT2D eigenvalue weighted by Crippen LogP contribution is -2.50. The van der Waals surface area contributed by atoms with E-state index in [4.69, 9.17) is 18.9 Å². The van der Waals surface area contributed by atoms with E-state index < -0.39 is 6.04 Å². The third-order valence-corrected chi connectivity index (χ3v) is 7.23. The first-order valence-electron chi connectivity index (χ1n) is 14.0. The number of para-hydroxylation sites is 1. The summed E-state index contributed by atoms with van der Waals surface area (Å²) in [6.07, 6.45) is 0.411. The SMILES string of the molecule is COc1ccc(CN(C(=O)Cc2ccc(OC)c(OC)c2)[C@H](Cc2ccccc2)C(=O)NCc2ccccc2OC)cc1. The predicted molar refractivity (Wildman–Crippen MR) is 166 cm³/mol. The molecule has 0 aliphatic heterocycles. The number of carbonyl (C=O) groups is 2. The number of methoxy groups -OCH3 is 4. The van der Waals surface area contributed by atoms with Gasteiger partial charge in [-0.2, -0.15) is 0 Å². The van der Waals surface area contributed by atoms with Gasteiger partial charge in [-0.1, -0.05) is 66.7 Å². The number of rotatable bonds is 14. The number of benzene rings is 4. The molecule has 2 amide bonds.